The Hall–Kier alpha value is -0.610. The first-order valence-corrected chi connectivity index (χ1v) is 8.19. The van der Waals surface area contributed by atoms with Gasteiger partial charge >= 0.3 is 0 Å². The minimum atomic E-state index is -0.186. The molecule has 0 amide bonds. The largest absolute Gasteiger partial charge is 0.365 e. The molecule has 2 atom stereocenters. The molecule has 0 spiro atoms. The van der Waals surface area contributed by atoms with Crippen molar-refractivity contribution in [2.75, 3.05) is 18.0 Å². The van der Waals surface area contributed by atoms with E-state index in [1.54, 1.807) is 6.07 Å². The summed E-state index contributed by atoms with van der Waals surface area (Å²) in [5.41, 5.74) is 2.16. The number of benzene rings is 1. The molecule has 2 nitrogen and oxygen atoms in total. The van der Waals surface area contributed by atoms with Crippen molar-refractivity contribution < 1.29 is 4.39 Å². The van der Waals surface area contributed by atoms with Gasteiger partial charge in [-0.1, -0.05) is 20.8 Å². The molecule has 20 heavy (non-hydrogen) atoms. The molecule has 0 aliphatic carbocycles. The summed E-state index contributed by atoms with van der Waals surface area (Å²) in [4.78, 5) is 2.45. The number of anilines is 1. The summed E-state index contributed by atoms with van der Waals surface area (Å²) in [6.45, 7) is 10.7. The third-order valence-electron chi connectivity index (χ3n) is 4.24. The zero-order chi connectivity index (χ0) is 14.9. The van der Waals surface area contributed by atoms with E-state index in [9.17, 15) is 4.39 Å². The van der Waals surface area contributed by atoms with E-state index in [2.05, 4.69) is 46.9 Å². The molecule has 2 rings (SSSR count). The van der Waals surface area contributed by atoms with Crippen molar-refractivity contribution in [2.24, 2.45) is 5.92 Å². The molecule has 1 heterocycles. The Morgan fingerprint density at radius 1 is 1.45 bits per heavy atom. The Bertz CT molecular complexity index is 476. The van der Waals surface area contributed by atoms with Gasteiger partial charge in [-0.3, -0.25) is 0 Å². The van der Waals surface area contributed by atoms with Gasteiger partial charge in [-0.25, -0.2) is 4.39 Å². The first kappa shape index (κ1) is 15.8. The molecule has 1 saturated heterocycles. The highest BCUT2D eigenvalue weighted by Gasteiger charge is 2.30. The van der Waals surface area contributed by atoms with Gasteiger partial charge in [0.1, 0.15) is 5.82 Å². The lowest BCUT2D eigenvalue weighted by Gasteiger charge is -2.44. The fourth-order valence-corrected chi connectivity index (χ4v) is 3.26. The highest BCUT2D eigenvalue weighted by Crippen LogP contribution is 2.31. The molecule has 112 valence electrons. The molecule has 2 unspecified atom stereocenters. The summed E-state index contributed by atoms with van der Waals surface area (Å²) in [5.74, 6) is 0.373. The maximum atomic E-state index is 13.6. The minimum absolute atomic E-state index is 0.186. The molecule has 0 bridgehead atoms. The summed E-state index contributed by atoms with van der Waals surface area (Å²) >= 11 is 3.32. The van der Waals surface area contributed by atoms with E-state index >= 15 is 0 Å². The number of halogens is 2. The zero-order valence-electron chi connectivity index (χ0n) is 12.7. The summed E-state index contributed by atoms with van der Waals surface area (Å²) in [6.07, 6.45) is 1.11. The van der Waals surface area contributed by atoms with Gasteiger partial charge in [0, 0.05) is 30.9 Å². The van der Waals surface area contributed by atoms with E-state index in [-0.39, 0.29) is 5.82 Å². The monoisotopic (exact) mass is 342 g/mol. The highest BCUT2D eigenvalue weighted by molar-refractivity contribution is 9.10. The quantitative estimate of drug-likeness (QED) is 0.889. The molecular formula is C16H24BrFN2. The molecule has 1 fully saturated rings. The van der Waals surface area contributed by atoms with Crippen LogP contribution in [0.2, 0.25) is 0 Å². The van der Waals surface area contributed by atoms with Crippen LogP contribution in [0.3, 0.4) is 0 Å². The predicted molar refractivity (Wildman–Crippen MR) is 86.9 cm³/mol. The van der Waals surface area contributed by atoms with Crippen LogP contribution in [0.1, 0.15) is 32.8 Å². The number of rotatable bonds is 3. The van der Waals surface area contributed by atoms with Crippen molar-refractivity contribution in [1.82, 2.24) is 5.32 Å². The highest BCUT2D eigenvalue weighted by atomic mass is 79.9. The van der Waals surface area contributed by atoms with Gasteiger partial charge < -0.3 is 10.2 Å². The van der Waals surface area contributed by atoms with Gasteiger partial charge in [0.25, 0.3) is 0 Å². The van der Waals surface area contributed by atoms with Crippen molar-refractivity contribution in [2.45, 2.75) is 46.2 Å². The van der Waals surface area contributed by atoms with Gasteiger partial charge in [-0.2, -0.15) is 0 Å². The molecule has 1 aliphatic heterocycles. The lowest BCUT2D eigenvalue weighted by Crippen LogP contribution is -2.58. The maximum Gasteiger partial charge on any atom is 0.137 e. The first-order chi connectivity index (χ1) is 9.43. The van der Waals surface area contributed by atoms with E-state index in [1.807, 2.05) is 13.0 Å². The lowest BCUT2D eigenvalue weighted by molar-refractivity contribution is 0.333. The Balaban J connectivity index is 2.37. The third kappa shape index (κ3) is 3.17. The zero-order valence-corrected chi connectivity index (χ0v) is 14.3. The Labute approximate surface area is 129 Å². The molecule has 1 N–H and O–H groups in total. The van der Waals surface area contributed by atoms with E-state index in [4.69, 9.17) is 0 Å². The molecule has 1 aromatic carbocycles. The summed E-state index contributed by atoms with van der Waals surface area (Å²) in [6, 6.07) is 4.51. The van der Waals surface area contributed by atoms with Gasteiger partial charge in [-0.15, -0.1) is 0 Å². The number of aryl methyl sites for hydroxylation is 1. The number of hydrogen-bond acceptors (Lipinski definition) is 2. The van der Waals surface area contributed by atoms with Gasteiger partial charge in [0.15, 0.2) is 0 Å². The standard InChI is InChI=1S/C16H24BrFN2/c1-5-12-9-20(16(8-19-12)10(2)3)15-7-13(17)14(18)6-11(15)4/h6-7,10,12,16,19H,5,8-9H2,1-4H3. The van der Waals surface area contributed by atoms with Gasteiger partial charge in [-0.05, 0) is 52.9 Å². The minimum Gasteiger partial charge on any atom is -0.365 e. The Morgan fingerprint density at radius 2 is 2.15 bits per heavy atom. The van der Waals surface area contributed by atoms with Gasteiger partial charge in [0.2, 0.25) is 0 Å². The molecular weight excluding hydrogens is 319 g/mol. The maximum absolute atomic E-state index is 13.6. The van der Waals surface area contributed by atoms with Crippen molar-refractivity contribution in [1.29, 1.82) is 0 Å². The normalized spacial score (nSPS) is 23.4. The van der Waals surface area contributed by atoms with Crippen molar-refractivity contribution in [3.05, 3.63) is 28.0 Å². The van der Waals surface area contributed by atoms with Crippen LogP contribution in [0.4, 0.5) is 10.1 Å². The summed E-state index contributed by atoms with van der Waals surface area (Å²) in [7, 11) is 0. The average Bonchev–Trinajstić information content (AvgIpc) is 2.42. The summed E-state index contributed by atoms with van der Waals surface area (Å²) < 4.78 is 14.2. The van der Waals surface area contributed by atoms with Crippen LogP contribution in [-0.2, 0) is 0 Å². The molecule has 0 radical (unpaired) electrons. The van der Waals surface area contributed by atoms with E-state index in [0.717, 1.165) is 30.8 Å². The Morgan fingerprint density at radius 3 is 2.75 bits per heavy atom. The topological polar surface area (TPSA) is 15.3 Å². The Kier molecular flexibility index (Phi) is 5.08. The van der Waals surface area contributed by atoms with Crippen LogP contribution in [0, 0.1) is 18.7 Å². The van der Waals surface area contributed by atoms with Crippen LogP contribution in [-0.4, -0.2) is 25.2 Å². The lowest BCUT2D eigenvalue weighted by atomic mass is 9.96. The van der Waals surface area contributed by atoms with Crippen LogP contribution < -0.4 is 10.2 Å². The number of nitrogens with zero attached hydrogens (tertiary/aromatic N) is 1. The van der Waals surface area contributed by atoms with Crippen molar-refractivity contribution in [3.63, 3.8) is 0 Å². The van der Waals surface area contributed by atoms with E-state index in [1.165, 1.54) is 0 Å². The van der Waals surface area contributed by atoms with Crippen LogP contribution in [0.15, 0.2) is 16.6 Å². The molecule has 1 aromatic rings. The van der Waals surface area contributed by atoms with E-state index in [0.29, 0.717) is 22.5 Å². The number of nitrogens with one attached hydrogen (secondary N) is 1. The van der Waals surface area contributed by atoms with Crippen LogP contribution in [0.5, 0.6) is 0 Å². The number of hydrogen-bond donors (Lipinski definition) is 1. The first-order valence-electron chi connectivity index (χ1n) is 7.39. The molecule has 1 aliphatic rings. The van der Waals surface area contributed by atoms with Gasteiger partial charge in [0.05, 0.1) is 4.47 Å². The molecule has 0 saturated carbocycles. The summed E-state index contributed by atoms with van der Waals surface area (Å²) in [5, 5.41) is 3.62. The van der Waals surface area contributed by atoms with Crippen LogP contribution >= 0.6 is 15.9 Å². The van der Waals surface area contributed by atoms with Crippen molar-refractivity contribution in [3.8, 4) is 0 Å². The second-order valence-corrected chi connectivity index (χ2v) is 6.88. The number of piperazine rings is 1. The second kappa shape index (κ2) is 6.44. The average molecular weight is 343 g/mol. The molecule has 4 heteroatoms. The smallest absolute Gasteiger partial charge is 0.137 e. The predicted octanol–water partition coefficient (Wildman–Crippen LogP) is 4.11. The fourth-order valence-electron chi connectivity index (χ4n) is 2.93. The SMILES string of the molecule is CCC1CN(c2cc(Br)c(F)cc2C)C(C(C)C)CN1. The fraction of sp³-hybridized carbons (Fsp3) is 0.625. The second-order valence-electron chi connectivity index (χ2n) is 6.03. The van der Waals surface area contributed by atoms with E-state index < -0.39 is 0 Å². The third-order valence-corrected chi connectivity index (χ3v) is 4.85. The van der Waals surface area contributed by atoms with Crippen molar-refractivity contribution >= 4 is 21.6 Å². The molecule has 0 aromatic heterocycles. The van der Waals surface area contributed by atoms with Crippen LogP contribution in [0.25, 0.3) is 0 Å².